The van der Waals surface area contributed by atoms with Gasteiger partial charge in [0.05, 0.1) is 11.9 Å². The molecule has 0 aliphatic carbocycles. The Balaban J connectivity index is 1.29. The van der Waals surface area contributed by atoms with Crippen LogP contribution in [-0.4, -0.2) is 39.4 Å². The van der Waals surface area contributed by atoms with E-state index >= 15 is 0 Å². The zero-order valence-corrected chi connectivity index (χ0v) is 17.1. The maximum Gasteiger partial charge on any atom is 0.278 e. The SMILES string of the molecule is NC(COc1cncc(-c2ccc3c(c2)C(=NO)C(=O)N3)c1)Cc1c[nH]c2ccccc12. The molecule has 2 aromatic carbocycles. The molecule has 5 N–H and O–H groups in total. The number of aromatic nitrogens is 2. The van der Waals surface area contributed by atoms with Gasteiger partial charge >= 0.3 is 0 Å². The Morgan fingerprint density at radius 3 is 2.88 bits per heavy atom. The number of hydrogen-bond donors (Lipinski definition) is 4. The molecule has 1 aliphatic rings. The van der Waals surface area contributed by atoms with Crippen LogP contribution in [0.5, 0.6) is 5.75 Å². The van der Waals surface area contributed by atoms with Crippen LogP contribution in [0, 0.1) is 0 Å². The Kier molecular flexibility index (Phi) is 5.04. The van der Waals surface area contributed by atoms with E-state index in [1.807, 2.05) is 36.5 Å². The van der Waals surface area contributed by atoms with Gasteiger partial charge in [-0.15, -0.1) is 0 Å². The van der Waals surface area contributed by atoms with Gasteiger partial charge in [0.15, 0.2) is 5.71 Å². The lowest BCUT2D eigenvalue weighted by molar-refractivity contribution is -0.110. The van der Waals surface area contributed by atoms with Crippen LogP contribution in [0.3, 0.4) is 0 Å². The van der Waals surface area contributed by atoms with Gasteiger partial charge in [0, 0.05) is 40.5 Å². The van der Waals surface area contributed by atoms with Gasteiger partial charge in [-0.3, -0.25) is 9.78 Å². The molecule has 8 nitrogen and oxygen atoms in total. The number of benzene rings is 2. The summed E-state index contributed by atoms with van der Waals surface area (Å²) in [6.07, 6.45) is 6.03. The summed E-state index contributed by atoms with van der Waals surface area (Å²) in [4.78, 5) is 19.4. The Morgan fingerprint density at radius 2 is 2.00 bits per heavy atom. The van der Waals surface area contributed by atoms with Gasteiger partial charge in [-0.25, -0.2) is 0 Å². The number of anilines is 1. The minimum atomic E-state index is -0.431. The molecule has 1 amide bonds. The lowest BCUT2D eigenvalue weighted by Crippen LogP contribution is -2.30. The van der Waals surface area contributed by atoms with Crippen LogP contribution in [-0.2, 0) is 11.2 Å². The first-order valence-electron chi connectivity index (χ1n) is 10.2. The Labute approximate surface area is 183 Å². The number of nitrogens with zero attached hydrogens (tertiary/aromatic N) is 2. The number of aromatic amines is 1. The van der Waals surface area contributed by atoms with Crippen LogP contribution in [0.15, 0.2) is 72.3 Å². The number of para-hydroxylation sites is 1. The molecule has 2 aromatic heterocycles. The topological polar surface area (TPSA) is 126 Å². The van der Waals surface area contributed by atoms with E-state index in [-0.39, 0.29) is 11.8 Å². The molecule has 0 fully saturated rings. The second-order valence-corrected chi connectivity index (χ2v) is 7.71. The largest absolute Gasteiger partial charge is 0.490 e. The summed E-state index contributed by atoms with van der Waals surface area (Å²) >= 11 is 0. The summed E-state index contributed by atoms with van der Waals surface area (Å²) in [5.41, 5.74) is 11.3. The number of H-pyrrole nitrogens is 1. The van der Waals surface area contributed by atoms with Crippen molar-refractivity contribution in [3.8, 4) is 16.9 Å². The third-order valence-corrected chi connectivity index (χ3v) is 5.51. The van der Waals surface area contributed by atoms with Gasteiger partial charge in [0.2, 0.25) is 0 Å². The number of nitrogens with two attached hydrogens (primary N) is 1. The second-order valence-electron chi connectivity index (χ2n) is 7.71. The fourth-order valence-electron chi connectivity index (χ4n) is 3.93. The monoisotopic (exact) mass is 427 g/mol. The normalized spacial score (nSPS) is 15.0. The fourth-order valence-corrected chi connectivity index (χ4v) is 3.93. The number of carbonyl (C=O) groups is 1. The molecule has 0 spiro atoms. The van der Waals surface area contributed by atoms with Gasteiger partial charge in [-0.05, 0) is 41.8 Å². The third-order valence-electron chi connectivity index (χ3n) is 5.51. The van der Waals surface area contributed by atoms with Crippen LogP contribution in [0.4, 0.5) is 5.69 Å². The molecule has 160 valence electrons. The predicted molar refractivity (Wildman–Crippen MR) is 122 cm³/mol. The molecule has 1 aliphatic heterocycles. The van der Waals surface area contributed by atoms with Gasteiger partial charge in [-0.1, -0.05) is 29.4 Å². The van der Waals surface area contributed by atoms with Crippen LogP contribution in [0.25, 0.3) is 22.0 Å². The van der Waals surface area contributed by atoms with E-state index in [2.05, 4.69) is 26.5 Å². The van der Waals surface area contributed by atoms with Gasteiger partial charge < -0.3 is 26.0 Å². The number of rotatable bonds is 6. The molecule has 0 saturated heterocycles. The van der Waals surface area contributed by atoms with Crippen molar-refractivity contribution >= 4 is 28.2 Å². The molecule has 0 saturated carbocycles. The van der Waals surface area contributed by atoms with E-state index in [1.54, 1.807) is 24.5 Å². The smallest absolute Gasteiger partial charge is 0.278 e. The number of amides is 1. The second kappa shape index (κ2) is 8.16. The third kappa shape index (κ3) is 3.67. The maximum atomic E-state index is 11.9. The maximum absolute atomic E-state index is 11.9. The van der Waals surface area contributed by atoms with Crippen molar-refractivity contribution in [2.24, 2.45) is 10.9 Å². The molecule has 5 rings (SSSR count). The van der Waals surface area contributed by atoms with E-state index in [4.69, 9.17) is 15.7 Å². The van der Waals surface area contributed by atoms with Crippen molar-refractivity contribution in [1.29, 1.82) is 0 Å². The van der Waals surface area contributed by atoms with Crippen molar-refractivity contribution in [3.63, 3.8) is 0 Å². The van der Waals surface area contributed by atoms with E-state index in [0.717, 1.165) is 22.2 Å². The van der Waals surface area contributed by atoms with E-state index in [0.29, 0.717) is 30.0 Å². The first-order valence-corrected chi connectivity index (χ1v) is 10.2. The Hall–Kier alpha value is -4.17. The standard InChI is InChI=1S/C24H21N5O3/c25-17(7-16-11-27-21-4-2-1-3-19(16)21)13-32-18-8-15(10-26-12-18)14-5-6-22-20(9-14)23(29-31)24(30)28-22/h1-6,8-12,17,27,31H,7,13,25H2,(H,28,29,30). The van der Waals surface area contributed by atoms with E-state index in [9.17, 15) is 4.79 Å². The van der Waals surface area contributed by atoms with Crippen molar-refractivity contribution in [2.75, 3.05) is 11.9 Å². The first kappa shape index (κ1) is 19.8. The summed E-state index contributed by atoms with van der Waals surface area (Å²) in [5.74, 6) is 0.168. The molecule has 0 bridgehead atoms. The highest BCUT2D eigenvalue weighted by Gasteiger charge is 2.27. The molecule has 8 heteroatoms. The fraction of sp³-hybridized carbons (Fsp3) is 0.125. The molecule has 0 radical (unpaired) electrons. The van der Waals surface area contributed by atoms with Gasteiger partial charge in [0.25, 0.3) is 5.91 Å². The van der Waals surface area contributed by atoms with Crippen molar-refractivity contribution in [2.45, 2.75) is 12.5 Å². The Morgan fingerprint density at radius 1 is 1.12 bits per heavy atom. The van der Waals surface area contributed by atoms with Gasteiger partial charge in [-0.2, -0.15) is 0 Å². The number of carbonyl (C=O) groups excluding carboxylic acids is 1. The summed E-state index contributed by atoms with van der Waals surface area (Å²) in [5, 5.41) is 16.1. The number of ether oxygens (including phenoxy) is 1. The summed E-state index contributed by atoms with van der Waals surface area (Å²) < 4.78 is 5.91. The number of nitrogens with one attached hydrogen (secondary N) is 2. The highest BCUT2D eigenvalue weighted by molar-refractivity contribution is 6.53. The molecule has 4 aromatic rings. The van der Waals surface area contributed by atoms with Crippen LogP contribution in [0.2, 0.25) is 0 Å². The average Bonchev–Trinajstić information content (AvgIpc) is 3.37. The Bertz CT molecular complexity index is 1340. The van der Waals surface area contributed by atoms with Crippen molar-refractivity contribution < 1.29 is 14.7 Å². The summed E-state index contributed by atoms with van der Waals surface area (Å²) in [6.45, 7) is 0.342. The minimum absolute atomic E-state index is 0.00883. The number of fused-ring (bicyclic) bond motifs is 2. The summed E-state index contributed by atoms with van der Waals surface area (Å²) in [7, 11) is 0. The van der Waals surface area contributed by atoms with Crippen LogP contribution in [0.1, 0.15) is 11.1 Å². The number of pyridine rings is 1. The van der Waals surface area contributed by atoms with Crippen LogP contribution >= 0.6 is 0 Å². The molecular formula is C24H21N5O3. The number of oxime groups is 1. The lowest BCUT2D eigenvalue weighted by Gasteiger charge is -2.13. The van der Waals surface area contributed by atoms with Crippen LogP contribution < -0.4 is 15.8 Å². The predicted octanol–water partition coefficient (Wildman–Crippen LogP) is 3.31. The minimum Gasteiger partial charge on any atom is -0.490 e. The zero-order chi connectivity index (χ0) is 22.1. The highest BCUT2D eigenvalue weighted by Crippen LogP contribution is 2.30. The van der Waals surface area contributed by atoms with E-state index < -0.39 is 5.91 Å². The summed E-state index contributed by atoms with van der Waals surface area (Å²) in [6, 6.07) is 15.2. The zero-order valence-electron chi connectivity index (χ0n) is 17.1. The van der Waals surface area contributed by atoms with Crippen molar-refractivity contribution in [3.05, 3.63) is 78.2 Å². The highest BCUT2D eigenvalue weighted by atomic mass is 16.5. The molecule has 3 heterocycles. The molecule has 32 heavy (non-hydrogen) atoms. The molecule has 1 unspecified atom stereocenters. The van der Waals surface area contributed by atoms with E-state index in [1.165, 1.54) is 5.39 Å². The van der Waals surface area contributed by atoms with Gasteiger partial charge in [0.1, 0.15) is 12.4 Å². The first-order chi connectivity index (χ1) is 15.6. The number of hydrogen-bond acceptors (Lipinski definition) is 6. The average molecular weight is 427 g/mol. The molecular weight excluding hydrogens is 406 g/mol. The molecule has 1 atom stereocenters. The van der Waals surface area contributed by atoms with Crippen molar-refractivity contribution in [1.82, 2.24) is 9.97 Å². The quantitative estimate of drug-likeness (QED) is 0.277. The lowest BCUT2D eigenvalue weighted by atomic mass is 10.0.